The Hall–Kier alpha value is -2.38. The van der Waals surface area contributed by atoms with E-state index in [1.165, 1.54) is 7.11 Å². The summed E-state index contributed by atoms with van der Waals surface area (Å²) in [6, 6.07) is 0.811. The van der Waals surface area contributed by atoms with Crippen LogP contribution >= 0.6 is 0 Å². The molecule has 0 aliphatic heterocycles. The summed E-state index contributed by atoms with van der Waals surface area (Å²) < 4.78 is 18.6. The Balaban J connectivity index is 3.12. The summed E-state index contributed by atoms with van der Waals surface area (Å²) in [6.07, 6.45) is 0.893. The Labute approximate surface area is 114 Å². The number of methoxy groups -OCH3 is 1. The van der Waals surface area contributed by atoms with Crippen LogP contribution < -0.4 is 10.1 Å². The number of hydrogen-bond donors (Lipinski definition) is 2. The molecule has 20 heavy (non-hydrogen) atoms. The average Bonchev–Trinajstić information content (AvgIpc) is 2.39. The van der Waals surface area contributed by atoms with Gasteiger partial charge in [-0.2, -0.15) is 0 Å². The van der Waals surface area contributed by atoms with E-state index in [2.05, 4.69) is 5.32 Å². The molecule has 1 aromatic rings. The molecular formula is C12H15FN2O5. The Morgan fingerprint density at radius 1 is 1.60 bits per heavy atom. The van der Waals surface area contributed by atoms with Crippen molar-refractivity contribution in [1.82, 2.24) is 0 Å². The number of anilines is 1. The topological polar surface area (TPSA) is 102 Å². The first-order chi connectivity index (χ1) is 9.40. The van der Waals surface area contributed by atoms with Gasteiger partial charge >= 0.3 is 11.7 Å². The minimum atomic E-state index is -1.12. The monoisotopic (exact) mass is 286 g/mol. The van der Waals surface area contributed by atoms with Gasteiger partial charge in [-0.15, -0.1) is 0 Å². The molecule has 0 bridgehead atoms. The second-order valence-corrected chi connectivity index (χ2v) is 4.08. The first kappa shape index (κ1) is 15.7. The number of nitrogens with zero attached hydrogens (tertiary/aromatic N) is 1. The first-order valence-electron chi connectivity index (χ1n) is 5.92. The van der Waals surface area contributed by atoms with Gasteiger partial charge in [0.15, 0.2) is 11.6 Å². The summed E-state index contributed by atoms with van der Waals surface area (Å²) in [5, 5.41) is 22.2. The van der Waals surface area contributed by atoms with E-state index in [1.54, 1.807) is 6.92 Å². The number of ether oxygens (including phenoxy) is 1. The van der Waals surface area contributed by atoms with Crippen molar-refractivity contribution in [2.75, 3.05) is 12.4 Å². The van der Waals surface area contributed by atoms with Gasteiger partial charge in [0.2, 0.25) is 0 Å². The van der Waals surface area contributed by atoms with Crippen molar-refractivity contribution in [3.05, 3.63) is 28.1 Å². The molecule has 0 fully saturated rings. The molecule has 1 aromatic carbocycles. The summed E-state index contributed by atoms with van der Waals surface area (Å²) in [7, 11) is 1.21. The fourth-order valence-electron chi connectivity index (χ4n) is 1.69. The zero-order valence-electron chi connectivity index (χ0n) is 11.1. The van der Waals surface area contributed by atoms with Gasteiger partial charge < -0.3 is 15.2 Å². The van der Waals surface area contributed by atoms with E-state index in [4.69, 9.17) is 9.84 Å². The van der Waals surface area contributed by atoms with Crippen LogP contribution in [0.25, 0.3) is 0 Å². The van der Waals surface area contributed by atoms with Crippen molar-refractivity contribution in [2.24, 2.45) is 0 Å². The van der Waals surface area contributed by atoms with Crippen molar-refractivity contribution in [2.45, 2.75) is 25.8 Å². The van der Waals surface area contributed by atoms with Gasteiger partial charge in [0, 0.05) is 6.07 Å². The van der Waals surface area contributed by atoms with Gasteiger partial charge in [-0.1, -0.05) is 13.3 Å². The number of nitro groups is 1. The van der Waals surface area contributed by atoms with Crippen LogP contribution in [0.1, 0.15) is 19.8 Å². The third kappa shape index (κ3) is 3.56. The molecule has 0 saturated heterocycles. The minimum Gasteiger partial charge on any atom is -0.490 e. The van der Waals surface area contributed by atoms with Crippen LogP contribution in [0.4, 0.5) is 15.8 Å². The standard InChI is InChI=1S/C12H15FN2O5/c1-3-4-8(12(16)17)14-9-6-11(20-2)10(15(18)19)5-7(9)13/h5-6,8,14H,3-4H2,1-2H3,(H,16,17). The Bertz CT molecular complexity index is 521. The molecule has 1 atom stereocenters. The lowest BCUT2D eigenvalue weighted by Gasteiger charge is -2.16. The van der Waals surface area contributed by atoms with Crippen molar-refractivity contribution in [3.63, 3.8) is 0 Å². The largest absolute Gasteiger partial charge is 0.490 e. The fraction of sp³-hybridized carbons (Fsp3) is 0.417. The molecule has 7 nitrogen and oxygen atoms in total. The van der Waals surface area contributed by atoms with Gasteiger partial charge in [0.05, 0.1) is 23.8 Å². The van der Waals surface area contributed by atoms with E-state index in [0.717, 1.165) is 6.07 Å². The Morgan fingerprint density at radius 3 is 2.70 bits per heavy atom. The van der Waals surface area contributed by atoms with Crippen molar-refractivity contribution in [1.29, 1.82) is 0 Å². The van der Waals surface area contributed by atoms with Crippen molar-refractivity contribution >= 4 is 17.3 Å². The highest BCUT2D eigenvalue weighted by molar-refractivity contribution is 5.77. The summed E-state index contributed by atoms with van der Waals surface area (Å²) in [5.41, 5.74) is -0.661. The quantitative estimate of drug-likeness (QED) is 0.589. The normalized spacial score (nSPS) is 11.8. The Kier molecular flexibility index (Phi) is 5.24. The zero-order valence-corrected chi connectivity index (χ0v) is 11.1. The van der Waals surface area contributed by atoms with E-state index in [0.29, 0.717) is 18.9 Å². The highest BCUT2D eigenvalue weighted by atomic mass is 19.1. The molecule has 0 aliphatic carbocycles. The maximum absolute atomic E-state index is 13.8. The van der Waals surface area contributed by atoms with Crippen LogP contribution in [-0.4, -0.2) is 29.2 Å². The number of carbonyl (C=O) groups is 1. The van der Waals surface area contributed by atoms with Gasteiger partial charge in [0.25, 0.3) is 0 Å². The van der Waals surface area contributed by atoms with Gasteiger partial charge in [-0.05, 0) is 6.42 Å². The average molecular weight is 286 g/mol. The van der Waals surface area contributed by atoms with Gasteiger partial charge in [0.1, 0.15) is 6.04 Å². The number of halogens is 1. The molecule has 0 radical (unpaired) electrons. The molecule has 0 saturated carbocycles. The molecular weight excluding hydrogens is 271 g/mol. The SMILES string of the molecule is CCCC(Nc1cc(OC)c([N+](=O)[O-])cc1F)C(=O)O. The van der Waals surface area contributed by atoms with Gasteiger partial charge in [-0.25, -0.2) is 9.18 Å². The molecule has 0 aromatic heterocycles. The van der Waals surface area contributed by atoms with Crippen molar-refractivity contribution < 1.29 is 24.0 Å². The molecule has 110 valence electrons. The lowest BCUT2D eigenvalue weighted by atomic mass is 10.1. The lowest BCUT2D eigenvalue weighted by molar-refractivity contribution is -0.385. The Morgan fingerprint density at radius 2 is 2.25 bits per heavy atom. The van der Waals surface area contributed by atoms with Crippen LogP contribution in [0.5, 0.6) is 5.75 Å². The van der Waals surface area contributed by atoms with Crippen LogP contribution in [0, 0.1) is 15.9 Å². The molecule has 1 rings (SSSR count). The summed E-state index contributed by atoms with van der Waals surface area (Å²) in [6.45, 7) is 1.80. The van der Waals surface area contributed by atoms with E-state index in [-0.39, 0.29) is 11.4 Å². The van der Waals surface area contributed by atoms with E-state index in [9.17, 15) is 19.3 Å². The van der Waals surface area contributed by atoms with Crippen LogP contribution in [0.3, 0.4) is 0 Å². The molecule has 8 heteroatoms. The summed E-state index contributed by atoms with van der Waals surface area (Å²) in [5.74, 6) is -2.16. The van der Waals surface area contributed by atoms with Crippen LogP contribution in [-0.2, 0) is 4.79 Å². The van der Waals surface area contributed by atoms with Crippen molar-refractivity contribution in [3.8, 4) is 5.75 Å². The summed E-state index contributed by atoms with van der Waals surface area (Å²) >= 11 is 0. The molecule has 0 spiro atoms. The highest BCUT2D eigenvalue weighted by Crippen LogP contribution is 2.32. The number of aliphatic carboxylic acids is 1. The maximum Gasteiger partial charge on any atom is 0.326 e. The number of carboxylic acid groups (broad SMARTS) is 1. The second-order valence-electron chi connectivity index (χ2n) is 4.08. The number of carboxylic acids is 1. The first-order valence-corrected chi connectivity index (χ1v) is 5.92. The zero-order chi connectivity index (χ0) is 15.3. The second kappa shape index (κ2) is 6.69. The number of nitro benzene ring substituents is 1. The van der Waals surface area contributed by atoms with E-state index in [1.807, 2.05) is 0 Å². The number of benzene rings is 1. The van der Waals surface area contributed by atoms with E-state index >= 15 is 0 Å². The molecule has 0 aliphatic rings. The third-order valence-electron chi connectivity index (χ3n) is 2.67. The predicted molar refractivity (Wildman–Crippen MR) is 69.6 cm³/mol. The predicted octanol–water partition coefficient (Wildman–Crippen LogP) is 2.41. The molecule has 0 heterocycles. The highest BCUT2D eigenvalue weighted by Gasteiger charge is 2.22. The van der Waals surface area contributed by atoms with Gasteiger partial charge in [-0.3, -0.25) is 10.1 Å². The van der Waals surface area contributed by atoms with E-state index < -0.39 is 28.4 Å². The molecule has 0 amide bonds. The lowest BCUT2D eigenvalue weighted by Crippen LogP contribution is -2.29. The number of rotatable bonds is 7. The maximum atomic E-state index is 13.8. The molecule has 1 unspecified atom stereocenters. The fourth-order valence-corrected chi connectivity index (χ4v) is 1.69. The minimum absolute atomic E-state index is 0.139. The number of nitrogens with one attached hydrogen (secondary N) is 1. The molecule has 2 N–H and O–H groups in total. The number of hydrogen-bond acceptors (Lipinski definition) is 5. The van der Waals surface area contributed by atoms with Crippen LogP contribution in [0.15, 0.2) is 12.1 Å². The summed E-state index contributed by atoms with van der Waals surface area (Å²) in [4.78, 5) is 21.0. The third-order valence-corrected chi connectivity index (χ3v) is 2.67. The smallest absolute Gasteiger partial charge is 0.326 e. The van der Waals surface area contributed by atoms with Crippen LogP contribution in [0.2, 0.25) is 0 Å².